The Kier molecular flexibility index (Phi) is 4.07. The van der Waals surface area contributed by atoms with Gasteiger partial charge in [0.25, 0.3) is 11.5 Å². The van der Waals surface area contributed by atoms with Crippen LogP contribution >= 0.6 is 11.3 Å². The van der Waals surface area contributed by atoms with Gasteiger partial charge in [0.05, 0.1) is 17.1 Å². The van der Waals surface area contributed by atoms with E-state index in [0.29, 0.717) is 33.0 Å². The molecule has 27 heavy (non-hydrogen) atoms. The molecular formula is C19H17N3O4S. The average Bonchev–Trinajstić information content (AvgIpc) is 3.00. The van der Waals surface area contributed by atoms with E-state index in [9.17, 15) is 14.4 Å². The molecule has 0 saturated carbocycles. The quantitative estimate of drug-likeness (QED) is 0.703. The van der Waals surface area contributed by atoms with Crippen LogP contribution in [0.4, 0.5) is 5.69 Å². The fraction of sp³-hybridized carbons (Fsp3) is 0.263. The summed E-state index contributed by atoms with van der Waals surface area (Å²) in [5.41, 5.74) is 0.618. The van der Waals surface area contributed by atoms with Crippen molar-refractivity contribution in [2.75, 3.05) is 11.9 Å². The number of aryl methyl sites for hydroxylation is 2. The van der Waals surface area contributed by atoms with Gasteiger partial charge >= 0.3 is 0 Å². The first-order chi connectivity index (χ1) is 12.8. The lowest BCUT2D eigenvalue weighted by Gasteiger charge is -2.20. The maximum Gasteiger partial charge on any atom is 0.262 e. The van der Waals surface area contributed by atoms with Crippen LogP contribution in [0.1, 0.15) is 34.0 Å². The Labute approximate surface area is 158 Å². The van der Waals surface area contributed by atoms with Crippen LogP contribution in [-0.2, 0) is 4.79 Å². The second kappa shape index (κ2) is 6.31. The topological polar surface area (TPSA) is 90.3 Å². The number of carbonyl (C=O) groups excluding carboxylic acids is 2. The van der Waals surface area contributed by atoms with Crippen LogP contribution in [0.3, 0.4) is 0 Å². The highest BCUT2D eigenvalue weighted by molar-refractivity contribution is 7.18. The van der Waals surface area contributed by atoms with Gasteiger partial charge in [0, 0.05) is 10.4 Å². The molecule has 3 heterocycles. The number of hydrogen-bond acceptors (Lipinski definition) is 6. The Balaban J connectivity index is 1.75. The largest absolute Gasteiger partial charge is 0.482 e. The van der Waals surface area contributed by atoms with E-state index in [1.807, 2.05) is 6.92 Å². The number of nitrogens with one attached hydrogen (secondary N) is 1. The van der Waals surface area contributed by atoms with Gasteiger partial charge in [-0.25, -0.2) is 4.98 Å². The molecule has 1 unspecified atom stereocenters. The van der Waals surface area contributed by atoms with Gasteiger partial charge < -0.3 is 10.1 Å². The van der Waals surface area contributed by atoms with Crippen LogP contribution in [0.5, 0.6) is 5.75 Å². The second-order valence-corrected chi connectivity index (χ2v) is 7.73. The second-order valence-electron chi connectivity index (χ2n) is 6.50. The van der Waals surface area contributed by atoms with E-state index in [4.69, 9.17) is 4.74 Å². The third kappa shape index (κ3) is 2.91. The Morgan fingerprint density at radius 1 is 1.30 bits per heavy atom. The molecule has 0 radical (unpaired) electrons. The molecule has 2 aromatic heterocycles. The van der Waals surface area contributed by atoms with Crippen molar-refractivity contribution in [1.82, 2.24) is 9.55 Å². The van der Waals surface area contributed by atoms with E-state index >= 15 is 0 Å². The van der Waals surface area contributed by atoms with Crippen LogP contribution < -0.4 is 15.6 Å². The first-order valence-corrected chi connectivity index (χ1v) is 9.27. The predicted octanol–water partition coefficient (Wildman–Crippen LogP) is 2.85. The molecule has 1 amide bonds. The van der Waals surface area contributed by atoms with Crippen molar-refractivity contribution < 1.29 is 14.3 Å². The smallest absolute Gasteiger partial charge is 0.262 e. The molecule has 1 aliphatic heterocycles. The fourth-order valence-electron chi connectivity index (χ4n) is 3.27. The van der Waals surface area contributed by atoms with Crippen molar-refractivity contribution in [3.8, 4) is 5.75 Å². The maximum absolute atomic E-state index is 13.0. The SMILES string of the molecule is Cc1cc2c(=O)n(C(C)C(=O)c3ccc4c(c3)NC(=O)CO4)c(C)nc2s1. The Morgan fingerprint density at radius 3 is 2.85 bits per heavy atom. The molecule has 8 heteroatoms. The van der Waals surface area contributed by atoms with Crippen molar-refractivity contribution in [1.29, 1.82) is 0 Å². The van der Waals surface area contributed by atoms with Crippen LogP contribution in [0.2, 0.25) is 0 Å². The van der Waals surface area contributed by atoms with E-state index in [1.54, 1.807) is 38.1 Å². The molecule has 1 aromatic carbocycles. The highest BCUT2D eigenvalue weighted by Crippen LogP contribution is 2.30. The van der Waals surface area contributed by atoms with Crippen molar-refractivity contribution in [3.05, 3.63) is 50.9 Å². The normalized spacial score (nSPS) is 14.4. The van der Waals surface area contributed by atoms with Crippen LogP contribution in [0.25, 0.3) is 10.2 Å². The van der Waals surface area contributed by atoms with Gasteiger partial charge in [0.1, 0.15) is 16.4 Å². The Morgan fingerprint density at radius 2 is 2.07 bits per heavy atom. The summed E-state index contributed by atoms with van der Waals surface area (Å²) in [7, 11) is 0. The number of benzene rings is 1. The number of fused-ring (bicyclic) bond motifs is 2. The highest BCUT2D eigenvalue weighted by atomic mass is 32.1. The first kappa shape index (κ1) is 17.4. The average molecular weight is 383 g/mol. The Hall–Kier alpha value is -3.00. The summed E-state index contributed by atoms with van der Waals surface area (Å²) in [5.74, 6) is 0.499. The standard InChI is InChI=1S/C19H17N3O4S/c1-9-6-13-18(27-9)20-11(3)22(19(13)25)10(2)17(24)12-4-5-15-14(7-12)21-16(23)8-26-15/h4-7,10H,8H2,1-3H3,(H,21,23). The van der Waals surface area contributed by atoms with Crippen LogP contribution in [0.15, 0.2) is 29.1 Å². The monoisotopic (exact) mass is 383 g/mol. The number of amides is 1. The number of aromatic nitrogens is 2. The molecule has 0 spiro atoms. The lowest BCUT2D eigenvalue weighted by molar-refractivity contribution is -0.118. The van der Waals surface area contributed by atoms with Gasteiger partial charge in [-0.3, -0.25) is 19.0 Å². The number of hydrogen-bond donors (Lipinski definition) is 1. The molecule has 4 rings (SSSR count). The summed E-state index contributed by atoms with van der Waals surface area (Å²) >= 11 is 1.46. The summed E-state index contributed by atoms with van der Waals surface area (Å²) in [5, 5.41) is 3.21. The number of ether oxygens (including phenoxy) is 1. The zero-order valence-electron chi connectivity index (χ0n) is 15.0. The van der Waals surface area contributed by atoms with E-state index < -0.39 is 6.04 Å². The van der Waals surface area contributed by atoms with Gasteiger partial charge in [0.15, 0.2) is 12.4 Å². The first-order valence-electron chi connectivity index (χ1n) is 8.45. The minimum Gasteiger partial charge on any atom is -0.482 e. The molecule has 1 atom stereocenters. The molecule has 138 valence electrons. The lowest BCUT2D eigenvalue weighted by atomic mass is 10.0. The molecule has 3 aromatic rings. The maximum atomic E-state index is 13.0. The molecule has 1 aliphatic rings. The minimum atomic E-state index is -0.729. The molecule has 0 aliphatic carbocycles. The van der Waals surface area contributed by atoms with E-state index in [1.165, 1.54) is 15.9 Å². The summed E-state index contributed by atoms with van der Waals surface area (Å²) < 4.78 is 6.74. The number of ketones is 1. The molecule has 0 bridgehead atoms. The molecular weight excluding hydrogens is 366 g/mol. The van der Waals surface area contributed by atoms with Gasteiger partial charge in [-0.2, -0.15) is 0 Å². The third-order valence-corrected chi connectivity index (χ3v) is 5.50. The molecule has 0 fully saturated rings. The molecule has 1 N–H and O–H groups in total. The van der Waals surface area contributed by atoms with Gasteiger partial charge in [0.2, 0.25) is 0 Å². The van der Waals surface area contributed by atoms with Crippen LogP contribution in [0, 0.1) is 13.8 Å². The molecule has 7 nitrogen and oxygen atoms in total. The van der Waals surface area contributed by atoms with Crippen molar-refractivity contribution >= 4 is 38.9 Å². The van der Waals surface area contributed by atoms with Gasteiger partial charge in [-0.05, 0) is 45.0 Å². The third-order valence-electron chi connectivity index (χ3n) is 4.56. The summed E-state index contributed by atoms with van der Waals surface area (Å²) in [6.45, 7) is 5.28. The summed E-state index contributed by atoms with van der Waals surface area (Å²) in [6.07, 6.45) is 0. The van der Waals surface area contributed by atoms with Crippen molar-refractivity contribution in [2.24, 2.45) is 0 Å². The Bertz CT molecular complexity index is 1160. The van der Waals surface area contributed by atoms with E-state index in [0.717, 1.165) is 4.88 Å². The number of carbonyl (C=O) groups is 2. The number of nitrogens with zero attached hydrogens (tertiary/aromatic N) is 2. The number of rotatable bonds is 3. The zero-order valence-corrected chi connectivity index (χ0v) is 15.8. The number of anilines is 1. The van der Waals surface area contributed by atoms with Gasteiger partial charge in [-0.1, -0.05) is 0 Å². The van der Waals surface area contributed by atoms with Crippen LogP contribution in [-0.4, -0.2) is 27.8 Å². The van der Waals surface area contributed by atoms with Crippen molar-refractivity contribution in [2.45, 2.75) is 26.8 Å². The fourth-order valence-corrected chi connectivity index (χ4v) is 4.18. The predicted molar refractivity (Wildman–Crippen MR) is 103 cm³/mol. The van der Waals surface area contributed by atoms with Crippen molar-refractivity contribution in [3.63, 3.8) is 0 Å². The summed E-state index contributed by atoms with van der Waals surface area (Å²) in [4.78, 5) is 43.6. The minimum absolute atomic E-state index is 0.0446. The zero-order chi connectivity index (χ0) is 19.3. The number of Topliss-reactive ketones (excluding diaryl/α,β-unsaturated/α-hetero) is 1. The highest BCUT2D eigenvalue weighted by Gasteiger charge is 2.24. The van der Waals surface area contributed by atoms with E-state index in [2.05, 4.69) is 10.3 Å². The van der Waals surface area contributed by atoms with Gasteiger partial charge in [-0.15, -0.1) is 11.3 Å². The van der Waals surface area contributed by atoms with E-state index in [-0.39, 0.29) is 23.9 Å². The lowest BCUT2D eigenvalue weighted by Crippen LogP contribution is -2.31. The molecule has 0 saturated heterocycles. The number of thiophene rings is 1. The summed E-state index contributed by atoms with van der Waals surface area (Å²) in [6, 6.07) is 5.93.